The Hall–Kier alpha value is -3.42. The quantitative estimate of drug-likeness (QED) is 0.459. The molecule has 0 spiro atoms. The fourth-order valence-electron chi connectivity index (χ4n) is 4.02. The van der Waals surface area contributed by atoms with Gasteiger partial charge in [-0.05, 0) is 55.8 Å². The number of alkyl halides is 3. The van der Waals surface area contributed by atoms with Crippen molar-refractivity contribution < 1.29 is 13.2 Å². The van der Waals surface area contributed by atoms with Crippen LogP contribution in [0.4, 0.5) is 18.9 Å². The first-order valence-electron chi connectivity index (χ1n) is 9.93. The van der Waals surface area contributed by atoms with Gasteiger partial charge >= 0.3 is 6.18 Å². The molecule has 31 heavy (non-hydrogen) atoms. The molecule has 1 radical (unpaired) electrons. The number of aryl methyl sites for hydroxylation is 2. The summed E-state index contributed by atoms with van der Waals surface area (Å²) < 4.78 is 40.8. The third-order valence-electron chi connectivity index (χ3n) is 5.71. The molecular formula is C23H19F3N5. The van der Waals surface area contributed by atoms with E-state index >= 15 is 0 Å². The van der Waals surface area contributed by atoms with Crippen LogP contribution in [0.2, 0.25) is 0 Å². The molecule has 0 atom stereocenters. The van der Waals surface area contributed by atoms with Crippen molar-refractivity contribution in [1.82, 2.24) is 19.7 Å². The van der Waals surface area contributed by atoms with E-state index in [4.69, 9.17) is 0 Å². The molecule has 157 valence electrons. The van der Waals surface area contributed by atoms with Crippen molar-refractivity contribution in [2.45, 2.75) is 33.1 Å². The number of hydrogen-bond acceptors (Lipinski definition) is 4. The van der Waals surface area contributed by atoms with E-state index in [1.807, 2.05) is 30.7 Å². The van der Waals surface area contributed by atoms with E-state index in [2.05, 4.69) is 32.2 Å². The van der Waals surface area contributed by atoms with E-state index in [9.17, 15) is 13.2 Å². The van der Waals surface area contributed by atoms with Gasteiger partial charge in [-0.1, -0.05) is 0 Å². The molecule has 2 aromatic carbocycles. The van der Waals surface area contributed by atoms with E-state index < -0.39 is 11.7 Å². The maximum atomic E-state index is 12.9. The van der Waals surface area contributed by atoms with Crippen molar-refractivity contribution in [2.24, 2.45) is 0 Å². The highest BCUT2D eigenvalue weighted by molar-refractivity contribution is 5.80. The lowest BCUT2D eigenvalue weighted by molar-refractivity contribution is -0.137. The summed E-state index contributed by atoms with van der Waals surface area (Å²) >= 11 is 0. The van der Waals surface area contributed by atoms with E-state index in [1.54, 1.807) is 0 Å². The molecule has 0 saturated heterocycles. The zero-order valence-electron chi connectivity index (χ0n) is 17.0. The van der Waals surface area contributed by atoms with E-state index in [0.717, 1.165) is 54.1 Å². The normalized spacial score (nSPS) is 14.2. The van der Waals surface area contributed by atoms with Gasteiger partial charge in [0.15, 0.2) is 5.82 Å². The van der Waals surface area contributed by atoms with Gasteiger partial charge in [-0.25, -0.2) is 9.97 Å². The molecule has 0 aliphatic carbocycles. The number of benzene rings is 2. The van der Waals surface area contributed by atoms with Crippen LogP contribution in [0.1, 0.15) is 22.4 Å². The summed E-state index contributed by atoms with van der Waals surface area (Å²) in [5.41, 5.74) is 5.06. The van der Waals surface area contributed by atoms with Crippen LogP contribution in [0.15, 0.2) is 42.6 Å². The van der Waals surface area contributed by atoms with Crippen LogP contribution in [0, 0.1) is 20.0 Å². The molecule has 5 nitrogen and oxygen atoms in total. The zero-order chi connectivity index (χ0) is 21.8. The summed E-state index contributed by atoms with van der Waals surface area (Å²) in [6.45, 7) is 6.51. The molecule has 0 N–H and O–H groups in total. The predicted molar refractivity (Wildman–Crippen MR) is 112 cm³/mol. The van der Waals surface area contributed by atoms with Gasteiger partial charge in [-0.2, -0.15) is 18.3 Å². The van der Waals surface area contributed by atoms with Crippen LogP contribution in [-0.4, -0.2) is 26.3 Å². The number of anilines is 1. The molecule has 1 aliphatic heterocycles. The Balaban J connectivity index is 1.44. The van der Waals surface area contributed by atoms with Crippen molar-refractivity contribution in [1.29, 1.82) is 0 Å². The van der Waals surface area contributed by atoms with Gasteiger partial charge in [-0.3, -0.25) is 4.68 Å². The number of aromatic nitrogens is 4. The Kier molecular flexibility index (Phi) is 4.46. The number of rotatable bonds is 2. The predicted octanol–water partition coefficient (Wildman–Crippen LogP) is 4.95. The van der Waals surface area contributed by atoms with Crippen molar-refractivity contribution in [3.63, 3.8) is 0 Å². The summed E-state index contributed by atoms with van der Waals surface area (Å²) in [5, 5.41) is 4.66. The van der Waals surface area contributed by atoms with Crippen LogP contribution >= 0.6 is 0 Å². The second kappa shape index (κ2) is 7.08. The SMILES string of the molecule is Cc1[c]nn2c1CN(c1ccc(-c3ncc4cc(C(F)(F)F)ccc4n3)cc1C)CC2. The molecular weight excluding hydrogens is 403 g/mol. The molecule has 4 aromatic rings. The van der Waals surface area contributed by atoms with E-state index in [-0.39, 0.29) is 0 Å². The minimum Gasteiger partial charge on any atom is -0.364 e. The Bertz CT molecular complexity index is 1290. The fourth-order valence-corrected chi connectivity index (χ4v) is 4.02. The molecule has 3 heterocycles. The molecule has 1 aliphatic rings. The summed E-state index contributed by atoms with van der Waals surface area (Å²) in [6.07, 6.45) is 0.0892. The Labute approximate surface area is 177 Å². The van der Waals surface area contributed by atoms with E-state index in [1.165, 1.54) is 18.0 Å². The van der Waals surface area contributed by atoms with Crippen LogP contribution < -0.4 is 4.90 Å². The standard InChI is InChI=1S/C23H19F3N5/c1-14-9-16(3-6-20(14)30-7-8-31-21(13-30)15(2)11-28-31)22-27-12-17-10-18(23(24,25)26)4-5-19(17)29-22/h3-6,9-10,12H,7-8,13H2,1-2H3. The number of hydrogen-bond donors (Lipinski definition) is 0. The average molecular weight is 422 g/mol. The Morgan fingerprint density at radius 2 is 1.87 bits per heavy atom. The summed E-state index contributed by atoms with van der Waals surface area (Å²) in [4.78, 5) is 11.1. The molecule has 8 heteroatoms. The smallest absolute Gasteiger partial charge is 0.364 e. The third-order valence-corrected chi connectivity index (χ3v) is 5.71. The first-order valence-corrected chi connectivity index (χ1v) is 9.93. The van der Waals surface area contributed by atoms with Crippen molar-refractivity contribution in [3.05, 3.63) is 71.2 Å². The maximum Gasteiger partial charge on any atom is 0.416 e. The van der Waals surface area contributed by atoms with Gasteiger partial charge in [0.1, 0.15) is 6.20 Å². The fraction of sp³-hybridized carbons (Fsp3) is 0.261. The highest BCUT2D eigenvalue weighted by Crippen LogP contribution is 2.32. The molecule has 0 fully saturated rings. The summed E-state index contributed by atoms with van der Waals surface area (Å²) in [6, 6.07) is 9.54. The van der Waals surface area contributed by atoms with Gasteiger partial charge in [-0.15, -0.1) is 0 Å². The first kappa shape index (κ1) is 19.5. The maximum absolute atomic E-state index is 12.9. The van der Waals surface area contributed by atoms with Gasteiger partial charge in [0.05, 0.1) is 29.9 Å². The lowest BCUT2D eigenvalue weighted by Crippen LogP contribution is -2.34. The monoisotopic (exact) mass is 422 g/mol. The van der Waals surface area contributed by atoms with Crippen molar-refractivity contribution in [2.75, 3.05) is 11.4 Å². The van der Waals surface area contributed by atoms with Crippen molar-refractivity contribution >= 4 is 16.6 Å². The highest BCUT2D eigenvalue weighted by Gasteiger charge is 2.30. The number of nitrogens with zero attached hydrogens (tertiary/aromatic N) is 5. The first-order chi connectivity index (χ1) is 14.8. The lowest BCUT2D eigenvalue weighted by Gasteiger charge is -2.31. The van der Waals surface area contributed by atoms with Crippen LogP contribution in [-0.2, 0) is 19.3 Å². The van der Waals surface area contributed by atoms with Crippen molar-refractivity contribution in [3.8, 4) is 11.4 Å². The topological polar surface area (TPSA) is 46.8 Å². The molecule has 0 unspecified atom stereocenters. The minimum atomic E-state index is -4.39. The summed E-state index contributed by atoms with van der Waals surface area (Å²) in [5.74, 6) is 0.490. The van der Waals surface area contributed by atoms with Gasteiger partial charge < -0.3 is 4.90 Å². The van der Waals surface area contributed by atoms with Crippen LogP contribution in [0.25, 0.3) is 22.3 Å². The van der Waals surface area contributed by atoms with Gasteiger partial charge in [0, 0.05) is 34.9 Å². The van der Waals surface area contributed by atoms with Crippen LogP contribution in [0.5, 0.6) is 0 Å². The molecule has 0 bridgehead atoms. The highest BCUT2D eigenvalue weighted by atomic mass is 19.4. The molecule has 5 rings (SSSR count). The molecule has 2 aromatic heterocycles. The number of halogens is 3. The zero-order valence-corrected chi connectivity index (χ0v) is 17.0. The molecule has 0 amide bonds. The Morgan fingerprint density at radius 1 is 1.03 bits per heavy atom. The third kappa shape index (κ3) is 3.52. The summed E-state index contributed by atoms with van der Waals surface area (Å²) in [7, 11) is 0. The largest absolute Gasteiger partial charge is 0.416 e. The Morgan fingerprint density at radius 3 is 2.65 bits per heavy atom. The van der Waals surface area contributed by atoms with Crippen LogP contribution in [0.3, 0.4) is 0 Å². The molecule has 0 saturated carbocycles. The second-order valence-electron chi connectivity index (χ2n) is 7.79. The lowest BCUT2D eigenvalue weighted by atomic mass is 10.1. The minimum absolute atomic E-state index is 0.365. The average Bonchev–Trinajstić information content (AvgIpc) is 3.12. The van der Waals surface area contributed by atoms with Gasteiger partial charge in [0.25, 0.3) is 0 Å². The second-order valence-corrected chi connectivity index (χ2v) is 7.79. The number of fused-ring (bicyclic) bond motifs is 2. The van der Waals surface area contributed by atoms with Gasteiger partial charge in [0.2, 0.25) is 0 Å². The van der Waals surface area contributed by atoms with E-state index in [0.29, 0.717) is 16.7 Å².